The fourth-order valence-corrected chi connectivity index (χ4v) is 3.88. The van der Waals surface area contributed by atoms with E-state index in [2.05, 4.69) is 4.98 Å². The third-order valence-electron chi connectivity index (χ3n) is 5.70. The number of methoxy groups -OCH3 is 1. The van der Waals surface area contributed by atoms with E-state index in [1.165, 1.54) is 0 Å². The van der Waals surface area contributed by atoms with E-state index in [-0.39, 0.29) is 18.0 Å². The first-order chi connectivity index (χ1) is 16.6. The fraction of sp³-hybridized carbons (Fsp3) is 0.214. The molecule has 4 rings (SSSR count). The van der Waals surface area contributed by atoms with Crippen LogP contribution in [0.1, 0.15) is 28.4 Å². The number of aromatic amines is 1. The number of pyridine rings is 1. The molecular weight excluding hydrogens is 428 g/mol. The molecule has 34 heavy (non-hydrogen) atoms. The first-order valence-electron chi connectivity index (χ1n) is 11.3. The molecule has 0 radical (unpaired) electrons. The summed E-state index contributed by atoms with van der Waals surface area (Å²) >= 11 is 0. The highest BCUT2D eigenvalue weighted by Crippen LogP contribution is 2.20. The molecule has 0 aliphatic carbocycles. The molecule has 0 saturated carbocycles. The first kappa shape index (κ1) is 23.1. The van der Waals surface area contributed by atoms with E-state index in [1.54, 1.807) is 42.3 Å². The number of benzene rings is 3. The lowest BCUT2D eigenvalue weighted by molar-refractivity contribution is 0.0744. The Kier molecular flexibility index (Phi) is 7.28. The SMILES string of the molecule is CCOc1ccc(C(=O)N(CCc2ccccc2)Cc2cc3ccc(OC)cc3[nH]c2=O)cc1. The number of nitrogens with zero attached hydrogens (tertiary/aromatic N) is 1. The molecule has 1 aromatic heterocycles. The maximum atomic E-state index is 13.5. The van der Waals surface area contributed by atoms with Crippen molar-refractivity contribution in [2.75, 3.05) is 20.3 Å². The van der Waals surface area contributed by atoms with Gasteiger partial charge in [-0.1, -0.05) is 30.3 Å². The molecule has 4 aromatic rings. The van der Waals surface area contributed by atoms with Gasteiger partial charge in [0, 0.05) is 23.7 Å². The summed E-state index contributed by atoms with van der Waals surface area (Å²) in [5, 5.41) is 0.881. The zero-order valence-electron chi connectivity index (χ0n) is 19.4. The smallest absolute Gasteiger partial charge is 0.254 e. The monoisotopic (exact) mass is 456 g/mol. The summed E-state index contributed by atoms with van der Waals surface area (Å²) < 4.78 is 10.7. The van der Waals surface area contributed by atoms with Crippen molar-refractivity contribution >= 4 is 16.8 Å². The van der Waals surface area contributed by atoms with Crippen molar-refractivity contribution in [3.05, 3.63) is 106 Å². The predicted octanol–water partition coefficient (Wildman–Crippen LogP) is 4.82. The Morgan fingerprint density at radius 1 is 0.941 bits per heavy atom. The average molecular weight is 457 g/mol. The van der Waals surface area contributed by atoms with Crippen LogP contribution in [-0.4, -0.2) is 36.1 Å². The van der Waals surface area contributed by atoms with Gasteiger partial charge in [0.2, 0.25) is 0 Å². The fourth-order valence-electron chi connectivity index (χ4n) is 3.88. The normalized spacial score (nSPS) is 10.8. The van der Waals surface area contributed by atoms with Crippen molar-refractivity contribution in [1.82, 2.24) is 9.88 Å². The maximum Gasteiger partial charge on any atom is 0.254 e. The highest BCUT2D eigenvalue weighted by atomic mass is 16.5. The molecule has 1 amide bonds. The summed E-state index contributed by atoms with van der Waals surface area (Å²) in [5.74, 6) is 1.26. The van der Waals surface area contributed by atoms with Crippen LogP contribution in [0.3, 0.4) is 0 Å². The Labute approximate surface area is 198 Å². The topological polar surface area (TPSA) is 71.6 Å². The number of rotatable bonds is 9. The number of fused-ring (bicyclic) bond motifs is 1. The number of nitrogens with one attached hydrogen (secondary N) is 1. The van der Waals surface area contributed by atoms with Crippen LogP contribution in [0.2, 0.25) is 0 Å². The molecule has 174 valence electrons. The summed E-state index contributed by atoms with van der Waals surface area (Å²) in [6.07, 6.45) is 0.687. The van der Waals surface area contributed by atoms with E-state index in [4.69, 9.17) is 9.47 Å². The Morgan fingerprint density at radius 3 is 2.38 bits per heavy atom. The molecule has 3 aromatic carbocycles. The van der Waals surface area contributed by atoms with Crippen LogP contribution in [-0.2, 0) is 13.0 Å². The van der Waals surface area contributed by atoms with Gasteiger partial charge in [-0.3, -0.25) is 9.59 Å². The van der Waals surface area contributed by atoms with Crippen LogP contribution in [0.4, 0.5) is 0 Å². The number of carbonyl (C=O) groups is 1. The number of amides is 1. The van der Waals surface area contributed by atoms with Gasteiger partial charge in [0.1, 0.15) is 11.5 Å². The Balaban J connectivity index is 1.62. The van der Waals surface area contributed by atoms with Gasteiger partial charge in [-0.15, -0.1) is 0 Å². The number of carbonyl (C=O) groups excluding carboxylic acids is 1. The minimum Gasteiger partial charge on any atom is -0.497 e. The van der Waals surface area contributed by atoms with E-state index < -0.39 is 0 Å². The zero-order chi connectivity index (χ0) is 23.9. The van der Waals surface area contributed by atoms with Gasteiger partial charge in [0.05, 0.1) is 25.8 Å². The molecule has 0 fully saturated rings. The molecule has 6 nitrogen and oxygen atoms in total. The molecule has 6 heteroatoms. The lowest BCUT2D eigenvalue weighted by atomic mass is 10.1. The van der Waals surface area contributed by atoms with Crippen LogP contribution < -0.4 is 15.0 Å². The second-order valence-corrected chi connectivity index (χ2v) is 8.00. The molecule has 1 N–H and O–H groups in total. The largest absolute Gasteiger partial charge is 0.497 e. The van der Waals surface area contributed by atoms with E-state index in [0.29, 0.717) is 42.0 Å². The van der Waals surface area contributed by atoms with Gasteiger partial charge in [-0.05, 0) is 66.8 Å². The lowest BCUT2D eigenvalue weighted by Gasteiger charge is -2.23. The molecule has 1 heterocycles. The maximum absolute atomic E-state index is 13.5. The minimum absolute atomic E-state index is 0.131. The van der Waals surface area contributed by atoms with Crippen molar-refractivity contribution in [3.63, 3.8) is 0 Å². The number of ether oxygens (including phenoxy) is 2. The summed E-state index contributed by atoms with van der Waals surface area (Å²) in [6.45, 7) is 3.17. The average Bonchev–Trinajstić information content (AvgIpc) is 2.87. The molecule has 0 atom stereocenters. The standard InChI is InChI=1S/C28H28N2O4/c1-3-34-24-12-9-21(10-13-24)28(32)30(16-15-20-7-5-4-6-8-20)19-23-17-22-11-14-25(33-2)18-26(22)29-27(23)31/h4-14,17-18H,3,15-16,19H2,1-2H3,(H,29,31). The van der Waals surface area contributed by atoms with Gasteiger partial charge in [-0.2, -0.15) is 0 Å². The van der Waals surface area contributed by atoms with Crippen molar-refractivity contribution in [3.8, 4) is 11.5 Å². The summed E-state index contributed by atoms with van der Waals surface area (Å²) in [5.41, 5.74) is 2.70. The molecule has 0 saturated heterocycles. The first-order valence-corrected chi connectivity index (χ1v) is 11.3. The number of H-pyrrole nitrogens is 1. The number of hydrogen-bond donors (Lipinski definition) is 1. The molecular formula is C28H28N2O4. The predicted molar refractivity (Wildman–Crippen MR) is 134 cm³/mol. The minimum atomic E-state index is -0.218. The molecule has 0 spiro atoms. The van der Waals surface area contributed by atoms with Crippen molar-refractivity contribution in [2.24, 2.45) is 0 Å². The molecule has 0 bridgehead atoms. The number of hydrogen-bond acceptors (Lipinski definition) is 4. The third-order valence-corrected chi connectivity index (χ3v) is 5.70. The van der Waals surface area contributed by atoms with Crippen LogP contribution >= 0.6 is 0 Å². The Bertz CT molecular complexity index is 1310. The highest BCUT2D eigenvalue weighted by molar-refractivity contribution is 5.94. The second kappa shape index (κ2) is 10.7. The van der Waals surface area contributed by atoms with Crippen LogP contribution in [0, 0.1) is 0 Å². The zero-order valence-corrected chi connectivity index (χ0v) is 19.4. The van der Waals surface area contributed by atoms with Crippen molar-refractivity contribution in [2.45, 2.75) is 19.9 Å². The quantitative estimate of drug-likeness (QED) is 0.392. The van der Waals surface area contributed by atoms with Gasteiger partial charge >= 0.3 is 0 Å². The van der Waals surface area contributed by atoms with Crippen LogP contribution in [0.25, 0.3) is 10.9 Å². The van der Waals surface area contributed by atoms with Gasteiger partial charge in [0.15, 0.2) is 0 Å². The van der Waals surface area contributed by atoms with Crippen LogP contribution in [0.15, 0.2) is 83.7 Å². The second-order valence-electron chi connectivity index (χ2n) is 8.00. The third kappa shape index (κ3) is 5.46. The van der Waals surface area contributed by atoms with E-state index in [9.17, 15) is 9.59 Å². The van der Waals surface area contributed by atoms with Crippen molar-refractivity contribution in [1.29, 1.82) is 0 Å². The highest BCUT2D eigenvalue weighted by Gasteiger charge is 2.18. The van der Waals surface area contributed by atoms with E-state index in [1.807, 2.05) is 55.5 Å². The Hall–Kier alpha value is -4.06. The summed E-state index contributed by atoms with van der Waals surface area (Å²) in [6, 6.07) is 24.5. The Morgan fingerprint density at radius 2 is 1.68 bits per heavy atom. The van der Waals surface area contributed by atoms with E-state index >= 15 is 0 Å². The molecule has 0 aliphatic heterocycles. The van der Waals surface area contributed by atoms with Gasteiger partial charge in [0.25, 0.3) is 11.5 Å². The molecule has 0 aliphatic rings. The van der Waals surface area contributed by atoms with Gasteiger partial charge < -0.3 is 19.4 Å². The number of aromatic nitrogens is 1. The summed E-state index contributed by atoms with van der Waals surface area (Å²) in [7, 11) is 1.59. The molecule has 0 unspecified atom stereocenters. The van der Waals surface area contributed by atoms with Crippen molar-refractivity contribution < 1.29 is 14.3 Å². The van der Waals surface area contributed by atoms with Gasteiger partial charge in [-0.25, -0.2) is 0 Å². The lowest BCUT2D eigenvalue weighted by Crippen LogP contribution is -2.34. The van der Waals surface area contributed by atoms with E-state index in [0.717, 1.165) is 16.7 Å². The summed E-state index contributed by atoms with van der Waals surface area (Å²) in [4.78, 5) is 31.0. The van der Waals surface area contributed by atoms with Crippen LogP contribution in [0.5, 0.6) is 11.5 Å².